The summed E-state index contributed by atoms with van der Waals surface area (Å²) in [5, 5.41) is 2.85. The van der Waals surface area contributed by atoms with Gasteiger partial charge in [-0.15, -0.1) is 0 Å². The molecule has 0 fully saturated rings. The molecule has 0 aromatic heterocycles. The molecule has 24 heavy (non-hydrogen) atoms. The zero-order valence-electron chi connectivity index (χ0n) is 13.7. The minimum atomic E-state index is -3.62. The number of unbranched alkanes of at least 4 members (excludes halogenated alkanes) is 2. The van der Waals surface area contributed by atoms with Gasteiger partial charge in [-0.25, -0.2) is 8.42 Å². The Labute approximate surface area is 143 Å². The molecule has 128 valence electrons. The maximum atomic E-state index is 12.2. The second-order valence-electron chi connectivity index (χ2n) is 5.46. The number of amides is 1. The van der Waals surface area contributed by atoms with E-state index in [-0.39, 0.29) is 10.8 Å². The number of benzene rings is 2. The fourth-order valence-electron chi connectivity index (χ4n) is 2.18. The SMILES string of the molecule is CCCCCNC(=O)c1ccc(NS(=O)(=O)c2ccccc2)cc1. The summed E-state index contributed by atoms with van der Waals surface area (Å²) in [5.41, 5.74) is 0.926. The number of rotatable bonds is 8. The summed E-state index contributed by atoms with van der Waals surface area (Å²) in [6, 6.07) is 14.5. The molecule has 0 bridgehead atoms. The van der Waals surface area contributed by atoms with Gasteiger partial charge in [-0.2, -0.15) is 0 Å². The van der Waals surface area contributed by atoms with Crippen LogP contribution < -0.4 is 10.0 Å². The predicted molar refractivity (Wildman–Crippen MR) is 95.6 cm³/mol. The van der Waals surface area contributed by atoms with E-state index in [0.717, 1.165) is 19.3 Å². The van der Waals surface area contributed by atoms with Crippen LogP contribution in [0.2, 0.25) is 0 Å². The van der Waals surface area contributed by atoms with Gasteiger partial charge in [0.25, 0.3) is 15.9 Å². The van der Waals surface area contributed by atoms with E-state index >= 15 is 0 Å². The molecule has 2 aromatic rings. The summed E-state index contributed by atoms with van der Waals surface area (Å²) < 4.78 is 27.0. The predicted octanol–water partition coefficient (Wildman–Crippen LogP) is 3.41. The van der Waals surface area contributed by atoms with Crippen molar-refractivity contribution in [1.82, 2.24) is 5.32 Å². The molecule has 0 unspecified atom stereocenters. The summed E-state index contributed by atoms with van der Waals surface area (Å²) in [6.45, 7) is 2.76. The van der Waals surface area contributed by atoms with Gasteiger partial charge >= 0.3 is 0 Å². The van der Waals surface area contributed by atoms with E-state index in [1.54, 1.807) is 42.5 Å². The van der Waals surface area contributed by atoms with E-state index < -0.39 is 10.0 Å². The smallest absolute Gasteiger partial charge is 0.261 e. The third kappa shape index (κ3) is 5.09. The van der Waals surface area contributed by atoms with Gasteiger partial charge in [0.05, 0.1) is 4.90 Å². The van der Waals surface area contributed by atoms with Crippen LogP contribution in [0, 0.1) is 0 Å². The quantitative estimate of drug-likeness (QED) is 0.719. The minimum absolute atomic E-state index is 0.149. The molecule has 0 saturated heterocycles. The first kappa shape index (κ1) is 18.0. The number of carbonyl (C=O) groups is 1. The lowest BCUT2D eigenvalue weighted by Crippen LogP contribution is -2.24. The molecule has 2 aromatic carbocycles. The molecule has 0 aliphatic carbocycles. The monoisotopic (exact) mass is 346 g/mol. The van der Waals surface area contributed by atoms with E-state index in [4.69, 9.17) is 0 Å². The zero-order valence-corrected chi connectivity index (χ0v) is 14.5. The van der Waals surface area contributed by atoms with Gasteiger partial charge in [0, 0.05) is 17.8 Å². The Morgan fingerprint density at radius 3 is 2.25 bits per heavy atom. The molecule has 0 saturated carbocycles. The van der Waals surface area contributed by atoms with Gasteiger partial charge in [-0.3, -0.25) is 9.52 Å². The highest BCUT2D eigenvalue weighted by molar-refractivity contribution is 7.92. The molecule has 2 rings (SSSR count). The molecule has 0 atom stereocenters. The number of hydrogen-bond acceptors (Lipinski definition) is 3. The molecule has 0 aliphatic heterocycles. The van der Waals surface area contributed by atoms with Crippen LogP contribution >= 0.6 is 0 Å². The Bertz CT molecular complexity index is 757. The summed E-state index contributed by atoms with van der Waals surface area (Å²) in [4.78, 5) is 12.2. The topological polar surface area (TPSA) is 75.3 Å². The van der Waals surface area contributed by atoms with E-state index in [2.05, 4.69) is 17.0 Å². The van der Waals surface area contributed by atoms with Crippen LogP contribution in [-0.2, 0) is 10.0 Å². The standard InChI is InChI=1S/C18H22N2O3S/c1-2-3-7-14-19-18(21)15-10-12-16(13-11-15)20-24(22,23)17-8-5-4-6-9-17/h4-6,8-13,20H,2-3,7,14H2,1H3,(H,19,21). The van der Waals surface area contributed by atoms with Crippen LogP contribution in [0.1, 0.15) is 36.5 Å². The van der Waals surface area contributed by atoms with Crippen molar-refractivity contribution in [3.63, 3.8) is 0 Å². The number of anilines is 1. The van der Waals surface area contributed by atoms with Crippen molar-refractivity contribution in [1.29, 1.82) is 0 Å². The molecule has 2 N–H and O–H groups in total. The lowest BCUT2D eigenvalue weighted by molar-refractivity contribution is 0.0953. The molecule has 0 aliphatic rings. The first-order valence-corrected chi connectivity index (χ1v) is 9.47. The third-order valence-corrected chi connectivity index (χ3v) is 4.92. The molecule has 0 spiro atoms. The Hall–Kier alpha value is -2.34. The van der Waals surface area contributed by atoms with Crippen molar-refractivity contribution in [3.05, 3.63) is 60.2 Å². The van der Waals surface area contributed by atoms with E-state index in [9.17, 15) is 13.2 Å². The van der Waals surface area contributed by atoms with Crippen LogP contribution in [0.5, 0.6) is 0 Å². The largest absolute Gasteiger partial charge is 0.352 e. The van der Waals surface area contributed by atoms with Crippen molar-refractivity contribution in [2.45, 2.75) is 31.1 Å². The van der Waals surface area contributed by atoms with Crippen molar-refractivity contribution in [2.24, 2.45) is 0 Å². The highest BCUT2D eigenvalue weighted by atomic mass is 32.2. The fourth-order valence-corrected chi connectivity index (χ4v) is 3.26. The molecular weight excluding hydrogens is 324 g/mol. The Kier molecular flexibility index (Phi) is 6.37. The van der Waals surface area contributed by atoms with Crippen LogP contribution in [0.4, 0.5) is 5.69 Å². The maximum Gasteiger partial charge on any atom is 0.261 e. The van der Waals surface area contributed by atoms with Gasteiger partial charge < -0.3 is 5.32 Å². The van der Waals surface area contributed by atoms with Crippen molar-refractivity contribution >= 4 is 21.6 Å². The van der Waals surface area contributed by atoms with Gasteiger partial charge in [0.2, 0.25) is 0 Å². The maximum absolute atomic E-state index is 12.2. The van der Waals surface area contributed by atoms with Crippen LogP contribution in [0.3, 0.4) is 0 Å². The first-order valence-electron chi connectivity index (χ1n) is 7.99. The molecule has 6 heteroatoms. The summed E-state index contributed by atoms with van der Waals surface area (Å²) >= 11 is 0. The number of sulfonamides is 1. The van der Waals surface area contributed by atoms with Gasteiger partial charge in [0.1, 0.15) is 0 Å². The summed E-state index contributed by atoms with van der Waals surface area (Å²) in [6.07, 6.45) is 3.14. The average molecular weight is 346 g/mol. The van der Waals surface area contributed by atoms with E-state index in [1.807, 2.05) is 0 Å². The normalized spacial score (nSPS) is 11.0. The summed E-state index contributed by atoms with van der Waals surface area (Å²) in [5.74, 6) is -0.149. The second kappa shape index (κ2) is 8.49. The molecule has 0 heterocycles. The molecular formula is C18H22N2O3S. The fraction of sp³-hybridized carbons (Fsp3) is 0.278. The average Bonchev–Trinajstić information content (AvgIpc) is 2.60. The lowest BCUT2D eigenvalue weighted by atomic mass is 10.2. The van der Waals surface area contributed by atoms with Crippen molar-refractivity contribution in [2.75, 3.05) is 11.3 Å². The lowest BCUT2D eigenvalue weighted by Gasteiger charge is -2.09. The first-order chi connectivity index (χ1) is 11.5. The highest BCUT2D eigenvalue weighted by Gasteiger charge is 2.13. The van der Waals surface area contributed by atoms with Crippen LogP contribution in [0.15, 0.2) is 59.5 Å². The Morgan fingerprint density at radius 2 is 1.62 bits per heavy atom. The third-order valence-electron chi connectivity index (χ3n) is 3.52. The minimum Gasteiger partial charge on any atom is -0.352 e. The highest BCUT2D eigenvalue weighted by Crippen LogP contribution is 2.16. The van der Waals surface area contributed by atoms with Crippen LogP contribution in [-0.4, -0.2) is 20.9 Å². The van der Waals surface area contributed by atoms with Gasteiger partial charge in [-0.1, -0.05) is 38.0 Å². The number of hydrogen-bond donors (Lipinski definition) is 2. The van der Waals surface area contributed by atoms with Gasteiger partial charge in [0.15, 0.2) is 0 Å². The molecule has 0 radical (unpaired) electrons. The zero-order chi connectivity index (χ0) is 17.4. The molecule has 5 nitrogen and oxygen atoms in total. The second-order valence-corrected chi connectivity index (χ2v) is 7.14. The number of carbonyl (C=O) groups excluding carboxylic acids is 1. The van der Waals surface area contributed by atoms with Crippen molar-refractivity contribution < 1.29 is 13.2 Å². The number of nitrogens with one attached hydrogen (secondary N) is 2. The van der Waals surface area contributed by atoms with E-state index in [0.29, 0.717) is 17.8 Å². The Morgan fingerprint density at radius 1 is 0.958 bits per heavy atom. The van der Waals surface area contributed by atoms with E-state index in [1.165, 1.54) is 12.1 Å². The van der Waals surface area contributed by atoms with Gasteiger partial charge in [-0.05, 0) is 42.8 Å². The molecule has 1 amide bonds. The Balaban J connectivity index is 1.98. The van der Waals surface area contributed by atoms with Crippen LogP contribution in [0.25, 0.3) is 0 Å². The van der Waals surface area contributed by atoms with Crippen molar-refractivity contribution in [3.8, 4) is 0 Å². The summed E-state index contributed by atoms with van der Waals surface area (Å²) in [7, 11) is -3.62.